The lowest BCUT2D eigenvalue weighted by Gasteiger charge is -2.35. The van der Waals surface area contributed by atoms with E-state index in [0.29, 0.717) is 36.8 Å². The largest absolute Gasteiger partial charge is 0.494 e. The molecule has 2 aromatic carbocycles. The van der Waals surface area contributed by atoms with E-state index in [9.17, 15) is 14.0 Å². The molecule has 0 bridgehead atoms. The number of halogens is 2. The quantitative estimate of drug-likeness (QED) is 0.223. The number of morpholine rings is 1. The number of rotatable bonds is 10. The first-order valence-corrected chi connectivity index (χ1v) is 15.3. The monoisotopic (exact) mass is 643 g/mol. The summed E-state index contributed by atoms with van der Waals surface area (Å²) in [5.41, 5.74) is 7.53. The number of carbonyl (C=O) groups excluding carboxylic acids is 2. The van der Waals surface area contributed by atoms with E-state index in [1.807, 2.05) is 6.07 Å². The molecule has 3 aromatic rings. The van der Waals surface area contributed by atoms with Gasteiger partial charge in [0.15, 0.2) is 11.5 Å². The van der Waals surface area contributed by atoms with Crippen LogP contribution in [-0.2, 0) is 4.74 Å². The number of nitrogens with zero attached hydrogens (tertiary/aromatic N) is 6. The highest BCUT2D eigenvalue weighted by Crippen LogP contribution is 2.37. The highest BCUT2D eigenvalue weighted by atomic mass is 35.5. The average Bonchev–Trinajstić information content (AvgIpc) is 3.55. The number of piperazine rings is 1. The highest BCUT2D eigenvalue weighted by molar-refractivity contribution is 6.35. The number of amides is 2. The minimum Gasteiger partial charge on any atom is -0.494 e. The van der Waals surface area contributed by atoms with E-state index in [0.717, 1.165) is 58.0 Å². The van der Waals surface area contributed by atoms with E-state index in [-0.39, 0.29) is 33.4 Å². The van der Waals surface area contributed by atoms with Gasteiger partial charge in [-0.2, -0.15) is 0 Å². The van der Waals surface area contributed by atoms with Crippen molar-refractivity contribution in [3.05, 3.63) is 52.1 Å². The molecule has 0 radical (unpaired) electrons. The molecule has 15 heteroatoms. The molecule has 0 unspecified atom stereocenters. The predicted molar refractivity (Wildman–Crippen MR) is 170 cm³/mol. The van der Waals surface area contributed by atoms with Gasteiger partial charge in [-0.3, -0.25) is 14.5 Å². The molecular formula is C30H39ClFN9O4. The minimum absolute atomic E-state index is 0.0223. The van der Waals surface area contributed by atoms with Gasteiger partial charge in [0, 0.05) is 57.4 Å². The number of nitrogens with two attached hydrogens (primary N) is 1. The number of nitrogens with one attached hydrogen (secondary N) is 2. The summed E-state index contributed by atoms with van der Waals surface area (Å²) in [5.74, 6) is -1.10. The summed E-state index contributed by atoms with van der Waals surface area (Å²) in [6.45, 7) is 9.16. The van der Waals surface area contributed by atoms with Crippen LogP contribution in [0.1, 0.15) is 32.8 Å². The molecule has 2 amide bonds. The lowest BCUT2D eigenvalue weighted by molar-refractivity contribution is 0.0374. The Morgan fingerprint density at radius 3 is 2.53 bits per heavy atom. The molecule has 2 fully saturated rings. The number of aromatic nitrogens is 3. The van der Waals surface area contributed by atoms with Crippen molar-refractivity contribution >= 4 is 40.5 Å². The normalized spacial score (nSPS) is 16.1. The number of hydrogen-bond donors (Lipinski definition) is 3. The van der Waals surface area contributed by atoms with Crippen LogP contribution in [0.3, 0.4) is 0 Å². The number of hydrogen-bond acceptors (Lipinski definition) is 10. The SMILES string of the molecule is COc1cc(N2CCN(C)CC2)c(NC(=O)c2cc(N)c(F)c(C)c2Cl)cc1-n1cc(C(=O)NCCCN2CCOCC2)nn1. The van der Waals surface area contributed by atoms with Gasteiger partial charge >= 0.3 is 0 Å². The van der Waals surface area contributed by atoms with Gasteiger partial charge in [-0.25, -0.2) is 9.07 Å². The van der Waals surface area contributed by atoms with Gasteiger partial charge in [0.25, 0.3) is 11.8 Å². The zero-order chi connectivity index (χ0) is 32.1. The second-order valence-corrected chi connectivity index (χ2v) is 11.5. The Morgan fingerprint density at radius 1 is 1.09 bits per heavy atom. The van der Waals surface area contributed by atoms with Crippen molar-refractivity contribution in [1.82, 2.24) is 30.1 Å². The van der Waals surface area contributed by atoms with Gasteiger partial charge in [0.05, 0.1) is 54.2 Å². The van der Waals surface area contributed by atoms with Crippen LogP contribution in [-0.4, -0.2) is 116 Å². The molecule has 2 aliphatic heterocycles. The first-order chi connectivity index (χ1) is 21.7. The number of methoxy groups -OCH3 is 1. The summed E-state index contributed by atoms with van der Waals surface area (Å²) < 4.78 is 26.9. The molecule has 13 nitrogen and oxygen atoms in total. The van der Waals surface area contributed by atoms with E-state index in [2.05, 4.69) is 42.7 Å². The Kier molecular flexibility index (Phi) is 10.4. The third-order valence-corrected chi connectivity index (χ3v) is 8.58. The fourth-order valence-corrected chi connectivity index (χ4v) is 5.59. The van der Waals surface area contributed by atoms with Gasteiger partial charge in [0.2, 0.25) is 0 Å². The Balaban J connectivity index is 1.39. The summed E-state index contributed by atoms with van der Waals surface area (Å²) in [6.07, 6.45) is 2.31. The Labute approximate surface area is 266 Å². The molecule has 45 heavy (non-hydrogen) atoms. The summed E-state index contributed by atoms with van der Waals surface area (Å²) in [6, 6.07) is 4.75. The second kappa shape index (κ2) is 14.4. The van der Waals surface area contributed by atoms with Gasteiger partial charge in [-0.05, 0) is 39.1 Å². The van der Waals surface area contributed by atoms with Crippen LogP contribution in [0.15, 0.2) is 24.4 Å². The molecule has 2 saturated heterocycles. The van der Waals surface area contributed by atoms with Crippen molar-refractivity contribution < 1.29 is 23.5 Å². The lowest BCUT2D eigenvalue weighted by atomic mass is 10.1. The van der Waals surface area contributed by atoms with E-state index in [1.54, 1.807) is 6.07 Å². The molecule has 1 aromatic heterocycles. The van der Waals surface area contributed by atoms with Crippen LogP contribution in [0.2, 0.25) is 5.02 Å². The number of benzene rings is 2. The molecule has 2 aliphatic rings. The Morgan fingerprint density at radius 2 is 1.82 bits per heavy atom. The zero-order valence-corrected chi connectivity index (χ0v) is 26.5. The second-order valence-electron chi connectivity index (χ2n) is 11.2. The lowest BCUT2D eigenvalue weighted by Crippen LogP contribution is -2.44. The van der Waals surface area contributed by atoms with Crippen molar-refractivity contribution in [2.45, 2.75) is 13.3 Å². The number of ether oxygens (including phenoxy) is 2. The molecule has 0 spiro atoms. The molecule has 5 rings (SSSR count). The van der Waals surface area contributed by atoms with E-state index in [1.165, 1.54) is 31.0 Å². The molecule has 242 valence electrons. The van der Waals surface area contributed by atoms with Crippen LogP contribution in [0.25, 0.3) is 5.69 Å². The number of anilines is 3. The van der Waals surface area contributed by atoms with Crippen LogP contribution in [0, 0.1) is 12.7 Å². The molecule has 0 atom stereocenters. The standard InChI is InChI=1S/C30H39ClFN9O4/c1-19-27(31)20(15-21(33)28(19)32)29(42)35-22-16-25(26(44-3)17-24(22)40-9-7-38(2)8-10-40)41-18-23(36-37-41)30(43)34-5-4-6-39-11-13-45-14-12-39/h15-18H,4-14,33H2,1-3H3,(H,34,43)(H,35,42). The van der Waals surface area contributed by atoms with Crippen LogP contribution in [0.4, 0.5) is 21.5 Å². The van der Waals surface area contributed by atoms with Crippen LogP contribution < -0.4 is 26.0 Å². The van der Waals surface area contributed by atoms with E-state index < -0.39 is 11.7 Å². The van der Waals surface area contributed by atoms with Crippen molar-refractivity contribution in [2.24, 2.45) is 0 Å². The summed E-state index contributed by atoms with van der Waals surface area (Å²) in [4.78, 5) is 33.1. The van der Waals surface area contributed by atoms with Crippen molar-refractivity contribution in [3.8, 4) is 11.4 Å². The Hall–Kier alpha value is -3.98. The van der Waals surface area contributed by atoms with Gasteiger partial charge in [-0.1, -0.05) is 16.8 Å². The summed E-state index contributed by atoms with van der Waals surface area (Å²) in [5, 5.41) is 14.1. The van der Waals surface area contributed by atoms with Crippen LogP contribution >= 0.6 is 11.6 Å². The summed E-state index contributed by atoms with van der Waals surface area (Å²) >= 11 is 6.37. The van der Waals surface area contributed by atoms with E-state index >= 15 is 0 Å². The smallest absolute Gasteiger partial charge is 0.273 e. The van der Waals surface area contributed by atoms with Gasteiger partial charge in [-0.15, -0.1) is 5.10 Å². The maximum absolute atomic E-state index is 14.3. The minimum atomic E-state index is -0.662. The molecular weight excluding hydrogens is 605 g/mol. The first kappa shape index (κ1) is 32.4. The zero-order valence-electron chi connectivity index (χ0n) is 25.7. The number of likely N-dealkylation sites (N-methyl/N-ethyl adjacent to an activating group) is 1. The summed E-state index contributed by atoms with van der Waals surface area (Å²) in [7, 11) is 3.59. The maximum Gasteiger partial charge on any atom is 0.273 e. The Bertz CT molecular complexity index is 1540. The third-order valence-electron chi connectivity index (χ3n) is 8.10. The molecule has 0 saturated carbocycles. The molecule has 3 heterocycles. The predicted octanol–water partition coefficient (Wildman–Crippen LogP) is 2.42. The fourth-order valence-electron chi connectivity index (χ4n) is 5.37. The van der Waals surface area contributed by atoms with Crippen molar-refractivity contribution in [3.63, 3.8) is 0 Å². The maximum atomic E-state index is 14.3. The fraction of sp³-hybridized carbons (Fsp3) is 0.467. The average molecular weight is 644 g/mol. The van der Waals surface area contributed by atoms with Gasteiger partial charge in [0.1, 0.15) is 11.4 Å². The van der Waals surface area contributed by atoms with Gasteiger partial charge < -0.3 is 35.6 Å². The van der Waals surface area contributed by atoms with E-state index in [4.69, 9.17) is 26.8 Å². The third kappa shape index (κ3) is 7.47. The number of nitrogen functional groups attached to an aromatic ring is 1. The molecule has 4 N–H and O–H groups in total. The first-order valence-electron chi connectivity index (χ1n) is 14.9. The van der Waals surface area contributed by atoms with Crippen LogP contribution in [0.5, 0.6) is 5.75 Å². The van der Waals surface area contributed by atoms with Crippen molar-refractivity contribution in [1.29, 1.82) is 0 Å². The number of carbonyl (C=O) groups is 2. The molecule has 0 aliphatic carbocycles. The highest BCUT2D eigenvalue weighted by Gasteiger charge is 2.25. The topological polar surface area (TPSA) is 143 Å². The van der Waals surface area contributed by atoms with Crippen molar-refractivity contribution in [2.75, 3.05) is 95.7 Å².